The van der Waals surface area contributed by atoms with Crippen molar-refractivity contribution in [2.45, 2.75) is 72.3 Å². The number of hydrogen-bond acceptors (Lipinski definition) is 2. The number of nitrogens with zero attached hydrogens (tertiary/aromatic N) is 1. The number of amides is 1. The molecule has 1 amide bonds. The molecule has 4 nitrogen and oxygen atoms in total. The molecule has 0 aliphatic rings. The van der Waals surface area contributed by atoms with Gasteiger partial charge in [0.05, 0.1) is 0 Å². The van der Waals surface area contributed by atoms with Crippen molar-refractivity contribution in [3.63, 3.8) is 0 Å². The van der Waals surface area contributed by atoms with Gasteiger partial charge in [-0.25, -0.2) is 0 Å². The molecule has 0 saturated carbocycles. The minimum atomic E-state index is 0.141. The van der Waals surface area contributed by atoms with E-state index in [-0.39, 0.29) is 17.9 Å². The maximum atomic E-state index is 12.8. The number of carbonyl (C=O) groups is 1. The maximum absolute atomic E-state index is 12.8. The molecule has 1 aromatic heterocycles. The first-order valence-corrected chi connectivity index (χ1v) is 11.5. The summed E-state index contributed by atoms with van der Waals surface area (Å²) in [5.74, 6) is 0.843. The topological polar surface area (TPSA) is 48.1 Å². The molecule has 1 heterocycles. The smallest absolute Gasteiger partial charge is 0.220 e. The van der Waals surface area contributed by atoms with E-state index in [2.05, 4.69) is 56.0 Å². The Morgan fingerprint density at radius 1 is 1.21 bits per heavy atom. The Balaban J connectivity index is 1.98. The minimum Gasteiger partial charge on any atom is -0.361 e. The van der Waals surface area contributed by atoms with Crippen LogP contribution >= 0.6 is 11.6 Å². The lowest BCUT2D eigenvalue weighted by Gasteiger charge is -2.22. The molecular formula is C24H38ClN3O. The Morgan fingerprint density at radius 2 is 1.93 bits per heavy atom. The van der Waals surface area contributed by atoms with Gasteiger partial charge in [-0.3, -0.25) is 4.79 Å². The zero-order chi connectivity index (χ0) is 21.4. The van der Waals surface area contributed by atoms with Crippen LogP contribution in [-0.2, 0) is 4.79 Å². The lowest BCUT2D eigenvalue weighted by Crippen LogP contribution is -2.34. The summed E-state index contributed by atoms with van der Waals surface area (Å²) in [6.45, 7) is 14.2. The summed E-state index contributed by atoms with van der Waals surface area (Å²) in [5.41, 5.74) is 2.27. The number of aromatic amines is 1. The zero-order valence-corrected chi connectivity index (χ0v) is 19.5. The Morgan fingerprint density at radius 3 is 2.59 bits per heavy atom. The van der Waals surface area contributed by atoms with Crippen LogP contribution in [0.15, 0.2) is 24.4 Å². The number of H-pyrrole nitrogens is 1. The molecule has 2 N–H and O–H groups in total. The van der Waals surface area contributed by atoms with Crippen molar-refractivity contribution in [3.05, 3.63) is 35.0 Å². The zero-order valence-electron chi connectivity index (χ0n) is 18.7. The Kier molecular flexibility index (Phi) is 9.51. The minimum absolute atomic E-state index is 0.141. The van der Waals surface area contributed by atoms with Gasteiger partial charge in [0.15, 0.2) is 0 Å². The molecule has 0 fully saturated rings. The van der Waals surface area contributed by atoms with E-state index in [1.54, 1.807) is 0 Å². The molecule has 0 aliphatic heterocycles. The molecule has 0 bridgehead atoms. The molecule has 1 aromatic carbocycles. The number of hydrogen-bond donors (Lipinski definition) is 2. The highest BCUT2D eigenvalue weighted by atomic mass is 35.5. The van der Waals surface area contributed by atoms with Crippen molar-refractivity contribution < 1.29 is 4.79 Å². The second-order valence-corrected chi connectivity index (χ2v) is 9.04. The van der Waals surface area contributed by atoms with E-state index < -0.39 is 0 Å². The van der Waals surface area contributed by atoms with Crippen LogP contribution in [-0.4, -0.2) is 41.5 Å². The van der Waals surface area contributed by atoms with E-state index >= 15 is 0 Å². The number of fused-ring (bicyclic) bond motifs is 1. The molecule has 0 radical (unpaired) electrons. The highest BCUT2D eigenvalue weighted by Crippen LogP contribution is 2.34. The molecule has 29 heavy (non-hydrogen) atoms. The van der Waals surface area contributed by atoms with Gasteiger partial charge in [-0.05, 0) is 81.4 Å². The van der Waals surface area contributed by atoms with E-state index in [1.165, 1.54) is 5.56 Å². The molecule has 0 spiro atoms. The average Bonchev–Trinajstić information content (AvgIpc) is 3.07. The van der Waals surface area contributed by atoms with Gasteiger partial charge in [0.1, 0.15) is 0 Å². The molecule has 2 rings (SSSR count). The van der Waals surface area contributed by atoms with Crippen molar-refractivity contribution in [1.82, 2.24) is 15.2 Å². The standard InChI is InChI=1S/C24H38ClN3O/c1-6-28(7-2)12-8-9-18(5)27-24(29)14-19(13-17(3)4)22-16-26-23-11-10-20(25)15-21(22)23/h10-11,15-19,26H,6-9,12-14H2,1-5H3,(H,27,29)/t18-,19+/m0/s1. The first-order chi connectivity index (χ1) is 13.8. The lowest BCUT2D eigenvalue weighted by molar-refractivity contribution is -0.122. The van der Waals surface area contributed by atoms with Crippen molar-refractivity contribution in [1.29, 1.82) is 0 Å². The van der Waals surface area contributed by atoms with Crippen LogP contribution in [0.1, 0.15) is 71.8 Å². The summed E-state index contributed by atoms with van der Waals surface area (Å²) in [6, 6.07) is 6.11. The Hall–Kier alpha value is -1.52. The highest BCUT2D eigenvalue weighted by molar-refractivity contribution is 6.31. The summed E-state index contributed by atoms with van der Waals surface area (Å²) in [6.07, 6.45) is 5.66. The normalized spacial score (nSPS) is 13.9. The highest BCUT2D eigenvalue weighted by Gasteiger charge is 2.21. The monoisotopic (exact) mass is 419 g/mol. The fourth-order valence-electron chi connectivity index (χ4n) is 4.13. The first kappa shape index (κ1) is 23.8. The van der Waals surface area contributed by atoms with E-state index in [9.17, 15) is 4.79 Å². The van der Waals surface area contributed by atoms with Gasteiger partial charge in [0, 0.05) is 34.6 Å². The van der Waals surface area contributed by atoms with Crippen LogP contribution in [0.4, 0.5) is 0 Å². The predicted molar refractivity (Wildman–Crippen MR) is 125 cm³/mol. The van der Waals surface area contributed by atoms with Crippen LogP contribution in [0.3, 0.4) is 0 Å². The van der Waals surface area contributed by atoms with Gasteiger partial charge < -0.3 is 15.2 Å². The largest absolute Gasteiger partial charge is 0.361 e. The van der Waals surface area contributed by atoms with E-state index in [4.69, 9.17) is 11.6 Å². The number of carbonyl (C=O) groups excluding carboxylic acids is 1. The van der Waals surface area contributed by atoms with Crippen LogP contribution < -0.4 is 5.32 Å². The van der Waals surface area contributed by atoms with Crippen LogP contribution in [0.25, 0.3) is 10.9 Å². The molecule has 162 valence electrons. The fourth-order valence-corrected chi connectivity index (χ4v) is 4.30. The fraction of sp³-hybridized carbons (Fsp3) is 0.625. The quantitative estimate of drug-likeness (QED) is 0.445. The number of aromatic nitrogens is 1. The van der Waals surface area contributed by atoms with Gasteiger partial charge in [0.25, 0.3) is 0 Å². The first-order valence-electron chi connectivity index (χ1n) is 11.1. The third kappa shape index (κ3) is 7.35. The number of rotatable bonds is 12. The maximum Gasteiger partial charge on any atom is 0.220 e. The van der Waals surface area contributed by atoms with Crippen LogP contribution in [0.5, 0.6) is 0 Å². The van der Waals surface area contributed by atoms with Gasteiger partial charge >= 0.3 is 0 Å². The summed E-state index contributed by atoms with van der Waals surface area (Å²) >= 11 is 6.23. The van der Waals surface area contributed by atoms with Gasteiger partial charge in [0.2, 0.25) is 5.91 Å². The Labute approximate surface area is 181 Å². The third-order valence-corrected chi connectivity index (χ3v) is 5.95. The summed E-state index contributed by atoms with van der Waals surface area (Å²) in [5, 5.41) is 5.08. The molecule has 2 aromatic rings. The second-order valence-electron chi connectivity index (χ2n) is 8.60. The molecule has 0 saturated heterocycles. The number of nitrogens with one attached hydrogen (secondary N) is 2. The SMILES string of the molecule is CCN(CC)CCC[C@H](C)NC(=O)C[C@@H](CC(C)C)c1c[nH]c2ccc(Cl)cc12. The van der Waals surface area contributed by atoms with Gasteiger partial charge in [-0.15, -0.1) is 0 Å². The van der Waals surface area contributed by atoms with E-state index in [1.807, 2.05) is 18.2 Å². The van der Waals surface area contributed by atoms with Crippen molar-refractivity contribution >= 4 is 28.4 Å². The van der Waals surface area contributed by atoms with E-state index in [0.717, 1.165) is 54.8 Å². The van der Waals surface area contributed by atoms with Crippen molar-refractivity contribution in [2.24, 2.45) is 5.92 Å². The van der Waals surface area contributed by atoms with E-state index in [0.29, 0.717) is 12.3 Å². The number of halogens is 1. The lowest BCUT2D eigenvalue weighted by atomic mass is 9.87. The molecular weight excluding hydrogens is 382 g/mol. The Bertz CT molecular complexity index is 767. The van der Waals surface area contributed by atoms with Gasteiger partial charge in [-0.2, -0.15) is 0 Å². The van der Waals surface area contributed by atoms with Crippen LogP contribution in [0, 0.1) is 5.92 Å². The molecule has 0 unspecified atom stereocenters. The second kappa shape index (κ2) is 11.6. The predicted octanol–water partition coefficient (Wildman–Crippen LogP) is 5.97. The third-order valence-electron chi connectivity index (χ3n) is 5.72. The van der Waals surface area contributed by atoms with Crippen LogP contribution in [0.2, 0.25) is 5.02 Å². The van der Waals surface area contributed by atoms with Gasteiger partial charge in [-0.1, -0.05) is 39.3 Å². The molecule has 5 heteroatoms. The number of benzene rings is 1. The average molecular weight is 420 g/mol. The summed E-state index contributed by atoms with van der Waals surface area (Å²) in [4.78, 5) is 18.6. The summed E-state index contributed by atoms with van der Waals surface area (Å²) < 4.78 is 0. The van der Waals surface area contributed by atoms with Crippen molar-refractivity contribution in [2.75, 3.05) is 19.6 Å². The van der Waals surface area contributed by atoms with Crippen molar-refractivity contribution in [3.8, 4) is 0 Å². The molecule has 2 atom stereocenters. The summed E-state index contributed by atoms with van der Waals surface area (Å²) in [7, 11) is 0. The molecule has 0 aliphatic carbocycles.